The number of benzene rings is 2. The zero-order valence-corrected chi connectivity index (χ0v) is 13.8. The number of hydrogen-bond donors (Lipinski definition) is 1. The maximum Gasteiger partial charge on any atom is 0.344 e. The Balaban J connectivity index is 1.70. The normalized spacial score (nSPS) is 10.7. The van der Waals surface area contributed by atoms with Gasteiger partial charge < -0.3 is 19.0 Å². The van der Waals surface area contributed by atoms with Crippen molar-refractivity contribution in [1.29, 1.82) is 0 Å². The zero-order valence-electron chi connectivity index (χ0n) is 13.8. The van der Waals surface area contributed by atoms with Crippen molar-refractivity contribution in [3.05, 3.63) is 69.8 Å². The Hall–Kier alpha value is -3.35. The van der Waals surface area contributed by atoms with Gasteiger partial charge in [-0.3, -0.25) is 0 Å². The third-order valence-corrected chi connectivity index (χ3v) is 3.76. The number of carbonyl (C=O) groups is 1. The van der Waals surface area contributed by atoms with Gasteiger partial charge >= 0.3 is 11.6 Å². The maximum absolute atomic E-state index is 13.1. The number of ether oxygens (including phenoxy) is 2. The van der Waals surface area contributed by atoms with Gasteiger partial charge in [0, 0.05) is 28.6 Å². The molecule has 0 aliphatic rings. The van der Waals surface area contributed by atoms with Crippen molar-refractivity contribution >= 4 is 16.9 Å². The van der Waals surface area contributed by atoms with Crippen molar-refractivity contribution in [3.8, 4) is 11.5 Å². The number of phenols is 1. The van der Waals surface area contributed by atoms with Gasteiger partial charge in [0.2, 0.25) is 0 Å². The molecule has 0 aliphatic heterocycles. The van der Waals surface area contributed by atoms with Crippen LogP contribution < -0.4 is 10.4 Å². The first kappa shape index (κ1) is 17.5. The molecule has 0 fully saturated rings. The van der Waals surface area contributed by atoms with E-state index in [-0.39, 0.29) is 23.7 Å². The number of carbonyl (C=O) groups excluding carboxylic acids is 1. The second-order valence-corrected chi connectivity index (χ2v) is 5.58. The number of halogens is 1. The van der Waals surface area contributed by atoms with Gasteiger partial charge in [-0.25, -0.2) is 14.0 Å². The minimum absolute atomic E-state index is 0.00159. The van der Waals surface area contributed by atoms with Crippen LogP contribution >= 0.6 is 0 Å². The van der Waals surface area contributed by atoms with E-state index in [1.807, 2.05) is 0 Å². The van der Waals surface area contributed by atoms with Crippen molar-refractivity contribution in [1.82, 2.24) is 0 Å². The van der Waals surface area contributed by atoms with Crippen LogP contribution in [0, 0.1) is 12.7 Å². The van der Waals surface area contributed by atoms with Crippen molar-refractivity contribution in [2.24, 2.45) is 0 Å². The number of phenolic OH excluding ortho intramolecular Hbond substituents is 1. The first-order valence-electron chi connectivity index (χ1n) is 7.73. The molecular formula is C19H15FO6. The van der Waals surface area contributed by atoms with Gasteiger partial charge in [-0.2, -0.15) is 0 Å². The quantitative estimate of drug-likeness (QED) is 0.557. The highest BCUT2D eigenvalue weighted by molar-refractivity contribution is 5.85. The minimum atomic E-state index is -0.675. The summed E-state index contributed by atoms with van der Waals surface area (Å²) in [5.74, 6) is -0.944. The predicted octanol–water partition coefficient (Wildman–Crippen LogP) is 3.07. The van der Waals surface area contributed by atoms with Crippen molar-refractivity contribution in [3.63, 3.8) is 0 Å². The summed E-state index contributed by atoms with van der Waals surface area (Å²) in [6.45, 7) is 1.05. The van der Waals surface area contributed by atoms with E-state index in [2.05, 4.69) is 0 Å². The van der Waals surface area contributed by atoms with Gasteiger partial charge in [0.1, 0.15) is 29.5 Å². The van der Waals surface area contributed by atoms with E-state index < -0.39 is 24.0 Å². The van der Waals surface area contributed by atoms with Crippen LogP contribution in [0.15, 0.2) is 51.7 Å². The highest BCUT2D eigenvalue weighted by Gasteiger charge is 2.13. The van der Waals surface area contributed by atoms with Crippen molar-refractivity contribution in [2.75, 3.05) is 6.61 Å². The Kier molecular flexibility index (Phi) is 4.88. The summed E-state index contributed by atoms with van der Waals surface area (Å²) in [7, 11) is 0. The lowest BCUT2D eigenvalue weighted by Gasteiger charge is -2.10. The molecular weight excluding hydrogens is 343 g/mol. The van der Waals surface area contributed by atoms with E-state index in [0.717, 1.165) is 6.07 Å². The van der Waals surface area contributed by atoms with Crippen LogP contribution in [0.3, 0.4) is 0 Å². The maximum atomic E-state index is 13.1. The highest BCUT2D eigenvalue weighted by Crippen LogP contribution is 2.27. The summed E-state index contributed by atoms with van der Waals surface area (Å²) >= 11 is 0. The summed E-state index contributed by atoms with van der Waals surface area (Å²) in [6, 6.07) is 9.66. The second kappa shape index (κ2) is 7.26. The van der Waals surface area contributed by atoms with Crippen LogP contribution in [-0.4, -0.2) is 17.7 Å². The Labute approximate surface area is 147 Å². The van der Waals surface area contributed by atoms with Crippen molar-refractivity contribution in [2.45, 2.75) is 13.5 Å². The van der Waals surface area contributed by atoms with E-state index in [1.54, 1.807) is 13.0 Å². The standard InChI is InChI=1S/C19H15FO6/c1-11-16(21)6-5-15-12(7-17(22)26-19(11)15)9-25-18(23)10-24-14-4-2-3-13(20)8-14/h2-8,21H,9-10H2,1H3. The lowest BCUT2D eigenvalue weighted by Crippen LogP contribution is -2.15. The molecule has 26 heavy (non-hydrogen) atoms. The number of esters is 1. The van der Waals surface area contributed by atoms with E-state index >= 15 is 0 Å². The molecule has 2 aromatic carbocycles. The van der Waals surface area contributed by atoms with Crippen molar-refractivity contribution < 1.29 is 28.2 Å². The monoisotopic (exact) mass is 358 g/mol. The van der Waals surface area contributed by atoms with Gasteiger partial charge in [0.25, 0.3) is 0 Å². The molecule has 0 aliphatic carbocycles. The molecule has 0 radical (unpaired) electrons. The molecule has 0 atom stereocenters. The largest absolute Gasteiger partial charge is 0.508 e. The van der Waals surface area contributed by atoms with Gasteiger partial charge in [-0.1, -0.05) is 6.07 Å². The molecule has 3 aromatic rings. The fraction of sp³-hybridized carbons (Fsp3) is 0.158. The molecule has 6 nitrogen and oxygen atoms in total. The fourth-order valence-corrected chi connectivity index (χ4v) is 2.43. The topological polar surface area (TPSA) is 86.0 Å². The molecule has 1 heterocycles. The molecule has 0 spiro atoms. The zero-order chi connectivity index (χ0) is 18.7. The number of aromatic hydroxyl groups is 1. The third kappa shape index (κ3) is 3.83. The summed E-state index contributed by atoms with van der Waals surface area (Å²) in [6.07, 6.45) is 0. The Morgan fingerprint density at radius 3 is 2.81 bits per heavy atom. The van der Waals surface area contributed by atoms with Crippen LogP contribution in [0.4, 0.5) is 4.39 Å². The Morgan fingerprint density at radius 1 is 1.23 bits per heavy atom. The first-order chi connectivity index (χ1) is 12.4. The Bertz CT molecular complexity index is 1020. The smallest absolute Gasteiger partial charge is 0.344 e. The summed E-state index contributed by atoms with van der Waals surface area (Å²) < 4.78 is 28.4. The van der Waals surface area contributed by atoms with Crippen LogP contribution in [-0.2, 0) is 16.1 Å². The van der Waals surface area contributed by atoms with Crippen LogP contribution in [0.2, 0.25) is 0 Å². The molecule has 0 saturated heterocycles. The molecule has 7 heteroatoms. The molecule has 0 unspecified atom stereocenters. The molecule has 0 bridgehead atoms. The lowest BCUT2D eigenvalue weighted by atomic mass is 10.1. The molecule has 3 rings (SSSR count). The van der Waals surface area contributed by atoms with E-state index in [1.165, 1.54) is 30.3 Å². The second-order valence-electron chi connectivity index (χ2n) is 5.58. The molecule has 134 valence electrons. The molecule has 0 saturated carbocycles. The summed E-state index contributed by atoms with van der Waals surface area (Å²) in [4.78, 5) is 23.5. The summed E-state index contributed by atoms with van der Waals surface area (Å²) in [5.41, 5.74) is 0.480. The average Bonchev–Trinajstić information content (AvgIpc) is 2.61. The third-order valence-electron chi connectivity index (χ3n) is 3.76. The predicted molar refractivity (Wildman–Crippen MR) is 90.6 cm³/mol. The fourth-order valence-electron chi connectivity index (χ4n) is 2.43. The number of hydrogen-bond acceptors (Lipinski definition) is 6. The highest BCUT2D eigenvalue weighted by atomic mass is 19.1. The number of fused-ring (bicyclic) bond motifs is 1. The van der Waals surface area contributed by atoms with Gasteiger partial charge in [-0.05, 0) is 31.2 Å². The number of rotatable bonds is 5. The van der Waals surface area contributed by atoms with E-state index in [0.29, 0.717) is 16.5 Å². The van der Waals surface area contributed by atoms with E-state index in [4.69, 9.17) is 13.9 Å². The average molecular weight is 358 g/mol. The van der Waals surface area contributed by atoms with Gasteiger partial charge in [0.05, 0.1) is 0 Å². The summed E-state index contributed by atoms with van der Waals surface area (Å²) in [5, 5.41) is 10.3. The molecule has 1 aromatic heterocycles. The van der Waals surface area contributed by atoms with Crippen LogP contribution in [0.1, 0.15) is 11.1 Å². The number of aryl methyl sites for hydroxylation is 1. The van der Waals surface area contributed by atoms with E-state index in [9.17, 15) is 19.1 Å². The van der Waals surface area contributed by atoms with Crippen LogP contribution in [0.25, 0.3) is 11.0 Å². The van der Waals surface area contributed by atoms with Crippen LogP contribution in [0.5, 0.6) is 11.5 Å². The molecule has 1 N–H and O–H groups in total. The SMILES string of the molecule is Cc1c(O)ccc2c(COC(=O)COc3cccc(F)c3)cc(=O)oc12. The Morgan fingerprint density at radius 2 is 2.04 bits per heavy atom. The first-order valence-corrected chi connectivity index (χ1v) is 7.73. The molecule has 0 amide bonds. The van der Waals surface area contributed by atoms with Gasteiger partial charge in [-0.15, -0.1) is 0 Å². The minimum Gasteiger partial charge on any atom is -0.508 e. The lowest BCUT2D eigenvalue weighted by molar-refractivity contribution is -0.147. The van der Waals surface area contributed by atoms with Gasteiger partial charge in [0.15, 0.2) is 6.61 Å².